The zero-order valence-corrected chi connectivity index (χ0v) is 11.8. The Morgan fingerprint density at radius 3 is 2.90 bits per heavy atom. The number of anilines is 2. The number of para-hydroxylation sites is 2. The van der Waals surface area contributed by atoms with Gasteiger partial charge in [0.2, 0.25) is 0 Å². The summed E-state index contributed by atoms with van der Waals surface area (Å²) in [5.41, 5.74) is 3.26. The second kappa shape index (κ2) is 5.71. The highest BCUT2D eigenvalue weighted by Crippen LogP contribution is 2.30. The molecule has 0 spiro atoms. The van der Waals surface area contributed by atoms with Crippen LogP contribution in [0.5, 0.6) is 0 Å². The first kappa shape index (κ1) is 13.3. The van der Waals surface area contributed by atoms with Gasteiger partial charge in [-0.15, -0.1) is 0 Å². The van der Waals surface area contributed by atoms with E-state index in [1.165, 1.54) is 17.8 Å². The molecule has 0 atom stereocenters. The van der Waals surface area contributed by atoms with E-state index in [1.807, 2.05) is 12.1 Å². The van der Waals surface area contributed by atoms with E-state index in [4.69, 9.17) is 11.6 Å². The summed E-state index contributed by atoms with van der Waals surface area (Å²) in [7, 11) is 0. The minimum atomic E-state index is -0.295. The van der Waals surface area contributed by atoms with Crippen LogP contribution >= 0.6 is 11.6 Å². The van der Waals surface area contributed by atoms with Crippen molar-refractivity contribution in [2.75, 3.05) is 23.3 Å². The molecule has 0 radical (unpaired) electrons. The van der Waals surface area contributed by atoms with Crippen molar-refractivity contribution < 1.29 is 4.39 Å². The van der Waals surface area contributed by atoms with Gasteiger partial charge in [-0.25, -0.2) is 4.39 Å². The molecule has 0 amide bonds. The zero-order valence-electron chi connectivity index (χ0n) is 11.1. The molecule has 104 valence electrons. The predicted molar refractivity (Wildman–Crippen MR) is 82.0 cm³/mol. The van der Waals surface area contributed by atoms with Crippen molar-refractivity contribution in [3.8, 4) is 0 Å². The molecule has 1 aliphatic heterocycles. The Balaban J connectivity index is 1.90. The summed E-state index contributed by atoms with van der Waals surface area (Å²) in [5, 5.41) is 3.92. The summed E-state index contributed by atoms with van der Waals surface area (Å²) < 4.78 is 13.1. The number of benzene rings is 2. The van der Waals surface area contributed by atoms with Crippen molar-refractivity contribution in [1.82, 2.24) is 0 Å². The number of rotatable bonds is 2. The number of fused-ring (bicyclic) bond motifs is 1. The molecule has 20 heavy (non-hydrogen) atoms. The topological polar surface area (TPSA) is 15.3 Å². The predicted octanol–water partition coefficient (Wildman–Crippen LogP) is 4.30. The Hall–Kier alpha value is -1.74. The molecule has 2 aromatic rings. The first-order chi connectivity index (χ1) is 9.74. The minimum Gasteiger partial charge on any atom is -0.383 e. The largest absolute Gasteiger partial charge is 0.383 e. The molecule has 0 aliphatic carbocycles. The number of nitrogens with zero attached hydrogens (tertiary/aromatic N) is 1. The fourth-order valence-electron chi connectivity index (χ4n) is 2.53. The van der Waals surface area contributed by atoms with Crippen LogP contribution < -0.4 is 10.2 Å². The summed E-state index contributed by atoms with van der Waals surface area (Å²) in [6, 6.07) is 12.8. The Morgan fingerprint density at radius 2 is 2.05 bits per heavy atom. The van der Waals surface area contributed by atoms with E-state index in [-0.39, 0.29) is 5.82 Å². The maximum atomic E-state index is 13.1. The van der Waals surface area contributed by atoms with E-state index in [0.29, 0.717) is 11.6 Å². The van der Waals surface area contributed by atoms with Crippen LogP contribution in [0.1, 0.15) is 12.0 Å². The SMILES string of the molecule is Fc1ccc(CN2CCCNc3ccccc32)c(Cl)c1. The molecular weight excluding hydrogens is 275 g/mol. The third kappa shape index (κ3) is 2.73. The van der Waals surface area contributed by atoms with Gasteiger partial charge in [0.15, 0.2) is 0 Å². The fraction of sp³-hybridized carbons (Fsp3) is 0.250. The fourth-order valence-corrected chi connectivity index (χ4v) is 2.76. The van der Waals surface area contributed by atoms with E-state index >= 15 is 0 Å². The lowest BCUT2D eigenvalue weighted by Crippen LogP contribution is -2.23. The van der Waals surface area contributed by atoms with Crippen molar-refractivity contribution in [3.05, 3.63) is 58.9 Å². The third-order valence-corrected chi connectivity index (χ3v) is 3.89. The molecule has 1 heterocycles. The molecule has 2 aromatic carbocycles. The van der Waals surface area contributed by atoms with Crippen LogP contribution in [0.3, 0.4) is 0 Å². The summed E-state index contributed by atoms with van der Waals surface area (Å²) in [6.45, 7) is 2.61. The van der Waals surface area contributed by atoms with E-state index in [1.54, 1.807) is 6.07 Å². The Labute approximate surface area is 123 Å². The maximum absolute atomic E-state index is 13.1. The second-order valence-electron chi connectivity index (χ2n) is 4.95. The molecular formula is C16H16ClFN2. The van der Waals surface area contributed by atoms with E-state index in [2.05, 4.69) is 22.3 Å². The average Bonchev–Trinajstić information content (AvgIpc) is 2.65. The van der Waals surface area contributed by atoms with Crippen LogP contribution in [-0.2, 0) is 6.54 Å². The van der Waals surface area contributed by atoms with Gasteiger partial charge in [0.05, 0.1) is 11.4 Å². The van der Waals surface area contributed by atoms with Crippen LogP contribution in [0.4, 0.5) is 15.8 Å². The minimum absolute atomic E-state index is 0.295. The molecule has 2 nitrogen and oxygen atoms in total. The highest BCUT2D eigenvalue weighted by atomic mass is 35.5. The standard InChI is InChI=1S/C16H16ClFN2/c17-14-10-13(18)7-6-12(14)11-20-9-3-8-19-15-4-1-2-5-16(15)20/h1-2,4-7,10,19H,3,8-9,11H2. The van der Waals surface area contributed by atoms with Gasteiger partial charge in [-0.05, 0) is 36.2 Å². The molecule has 1 aliphatic rings. The lowest BCUT2D eigenvalue weighted by atomic mass is 10.1. The number of hydrogen-bond donors (Lipinski definition) is 1. The monoisotopic (exact) mass is 290 g/mol. The zero-order chi connectivity index (χ0) is 13.9. The van der Waals surface area contributed by atoms with Gasteiger partial charge in [0.25, 0.3) is 0 Å². The molecule has 1 N–H and O–H groups in total. The van der Waals surface area contributed by atoms with Gasteiger partial charge in [0.1, 0.15) is 5.82 Å². The smallest absolute Gasteiger partial charge is 0.124 e. The third-order valence-electron chi connectivity index (χ3n) is 3.54. The molecule has 3 rings (SSSR count). The van der Waals surface area contributed by atoms with Crippen molar-refractivity contribution in [1.29, 1.82) is 0 Å². The quantitative estimate of drug-likeness (QED) is 0.887. The molecule has 0 aromatic heterocycles. The van der Waals surface area contributed by atoms with E-state index in [0.717, 1.165) is 30.8 Å². The van der Waals surface area contributed by atoms with Gasteiger partial charge < -0.3 is 10.2 Å². The lowest BCUT2D eigenvalue weighted by molar-refractivity contribution is 0.626. The molecule has 4 heteroatoms. The van der Waals surface area contributed by atoms with Gasteiger partial charge >= 0.3 is 0 Å². The van der Waals surface area contributed by atoms with E-state index in [9.17, 15) is 4.39 Å². The average molecular weight is 291 g/mol. The lowest BCUT2D eigenvalue weighted by Gasteiger charge is -2.25. The van der Waals surface area contributed by atoms with Crippen LogP contribution in [-0.4, -0.2) is 13.1 Å². The molecule has 0 saturated heterocycles. The van der Waals surface area contributed by atoms with Gasteiger partial charge in [-0.1, -0.05) is 29.8 Å². The summed E-state index contributed by atoms with van der Waals surface area (Å²) in [6.07, 6.45) is 1.06. The summed E-state index contributed by atoms with van der Waals surface area (Å²) >= 11 is 6.13. The number of nitrogens with one attached hydrogen (secondary N) is 1. The Kier molecular flexibility index (Phi) is 3.79. The summed E-state index contributed by atoms with van der Waals surface area (Å²) in [4.78, 5) is 2.29. The number of hydrogen-bond acceptors (Lipinski definition) is 2. The molecule has 0 saturated carbocycles. The van der Waals surface area contributed by atoms with Crippen molar-refractivity contribution >= 4 is 23.0 Å². The second-order valence-corrected chi connectivity index (χ2v) is 5.36. The highest BCUT2D eigenvalue weighted by molar-refractivity contribution is 6.31. The normalized spacial score (nSPS) is 14.4. The van der Waals surface area contributed by atoms with Crippen LogP contribution in [0.25, 0.3) is 0 Å². The van der Waals surface area contributed by atoms with Gasteiger partial charge in [-0.2, -0.15) is 0 Å². The molecule has 0 fully saturated rings. The van der Waals surface area contributed by atoms with Crippen LogP contribution in [0, 0.1) is 5.82 Å². The summed E-state index contributed by atoms with van der Waals surface area (Å²) in [5.74, 6) is -0.295. The Morgan fingerprint density at radius 1 is 1.20 bits per heavy atom. The van der Waals surface area contributed by atoms with Crippen LogP contribution in [0.15, 0.2) is 42.5 Å². The molecule has 0 bridgehead atoms. The van der Waals surface area contributed by atoms with E-state index < -0.39 is 0 Å². The van der Waals surface area contributed by atoms with Crippen molar-refractivity contribution in [3.63, 3.8) is 0 Å². The molecule has 0 unspecified atom stereocenters. The highest BCUT2D eigenvalue weighted by Gasteiger charge is 2.15. The van der Waals surface area contributed by atoms with Crippen LogP contribution in [0.2, 0.25) is 5.02 Å². The van der Waals surface area contributed by atoms with Gasteiger partial charge in [0, 0.05) is 24.7 Å². The number of halogens is 2. The van der Waals surface area contributed by atoms with Gasteiger partial charge in [-0.3, -0.25) is 0 Å². The van der Waals surface area contributed by atoms with Crippen molar-refractivity contribution in [2.24, 2.45) is 0 Å². The van der Waals surface area contributed by atoms with Crippen molar-refractivity contribution in [2.45, 2.75) is 13.0 Å². The Bertz CT molecular complexity index is 615. The maximum Gasteiger partial charge on any atom is 0.124 e. The first-order valence-electron chi connectivity index (χ1n) is 6.76. The first-order valence-corrected chi connectivity index (χ1v) is 7.13.